The zero-order chi connectivity index (χ0) is 15.4. The molecule has 0 unspecified atom stereocenters. The van der Waals surface area contributed by atoms with E-state index in [2.05, 4.69) is 20.6 Å². The minimum atomic E-state index is 0.0305. The molecule has 3 rings (SSSR count). The smallest absolute Gasteiger partial charge is 0.220 e. The molecular weight excluding hydrogens is 278 g/mol. The van der Waals surface area contributed by atoms with Gasteiger partial charge >= 0.3 is 0 Å². The topological polar surface area (TPSA) is 71.3 Å². The Hall–Kier alpha value is -2.11. The van der Waals surface area contributed by atoms with Crippen molar-refractivity contribution in [2.24, 2.45) is 5.41 Å². The van der Waals surface area contributed by atoms with Crippen LogP contribution < -0.4 is 10.6 Å². The summed E-state index contributed by atoms with van der Waals surface area (Å²) in [6, 6.07) is 1.88. The summed E-state index contributed by atoms with van der Waals surface area (Å²) in [4.78, 5) is 20.6. The summed E-state index contributed by atoms with van der Waals surface area (Å²) in [6.45, 7) is 0.769. The van der Waals surface area contributed by atoms with Crippen LogP contribution in [0.5, 0.6) is 0 Å². The molecule has 0 saturated heterocycles. The van der Waals surface area contributed by atoms with Crippen LogP contribution in [0.3, 0.4) is 0 Å². The maximum absolute atomic E-state index is 11.9. The fourth-order valence-electron chi connectivity index (χ4n) is 3.40. The molecule has 0 aliphatic heterocycles. The average molecular weight is 301 g/mol. The molecule has 2 aromatic rings. The van der Waals surface area contributed by atoms with E-state index in [4.69, 9.17) is 0 Å². The van der Waals surface area contributed by atoms with Crippen LogP contribution in [-0.4, -0.2) is 33.9 Å². The third-order valence-corrected chi connectivity index (χ3v) is 4.67. The number of aromatic nitrogens is 3. The Morgan fingerprint density at radius 2 is 2.09 bits per heavy atom. The highest BCUT2D eigenvalue weighted by atomic mass is 16.1. The van der Waals surface area contributed by atoms with Gasteiger partial charge in [0.2, 0.25) is 11.9 Å². The fraction of sp³-hybridized carbons (Fsp3) is 0.562. The first-order valence-corrected chi connectivity index (χ1v) is 7.95. The van der Waals surface area contributed by atoms with E-state index in [-0.39, 0.29) is 11.3 Å². The summed E-state index contributed by atoms with van der Waals surface area (Å²) in [5.41, 5.74) is 0.907. The molecule has 0 aromatic carbocycles. The van der Waals surface area contributed by atoms with E-state index in [0.717, 1.165) is 31.0 Å². The van der Waals surface area contributed by atoms with Crippen molar-refractivity contribution in [3.8, 4) is 0 Å². The SMILES string of the molecule is CNC(=O)CC1(CNc2nccc3nccn23)CCCCC1. The summed E-state index contributed by atoms with van der Waals surface area (Å²) in [5.74, 6) is 0.911. The molecule has 1 aliphatic rings. The van der Waals surface area contributed by atoms with Crippen molar-refractivity contribution in [3.05, 3.63) is 24.7 Å². The predicted octanol–water partition coefficient (Wildman–Crippen LogP) is 2.23. The number of nitrogens with one attached hydrogen (secondary N) is 2. The van der Waals surface area contributed by atoms with Crippen LogP contribution in [-0.2, 0) is 4.79 Å². The van der Waals surface area contributed by atoms with Crippen LogP contribution in [0, 0.1) is 5.41 Å². The molecule has 22 heavy (non-hydrogen) atoms. The fourth-order valence-corrected chi connectivity index (χ4v) is 3.40. The summed E-state index contributed by atoms with van der Waals surface area (Å²) in [6.07, 6.45) is 11.8. The van der Waals surface area contributed by atoms with Crippen LogP contribution in [0.15, 0.2) is 24.7 Å². The summed E-state index contributed by atoms with van der Waals surface area (Å²) in [5, 5.41) is 6.21. The normalized spacial score (nSPS) is 17.3. The largest absolute Gasteiger partial charge is 0.359 e. The lowest BCUT2D eigenvalue weighted by atomic mass is 9.71. The molecule has 0 radical (unpaired) electrons. The van der Waals surface area contributed by atoms with Crippen LogP contribution >= 0.6 is 0 Å². The Morgan fingerprint density at radius 1 is 1.27 bits per heavy atom. The van der Waals surface area contributed by atoms with E-state index < -0.39 is 0 Å². The summed E-state index contributed by atoms with van der Waals surface area (Å²) >= 11 is 0. The molecule has 6 nitrogen and oxygen atoms in total. The van der Waals surface area contributed by atoms with Crippen LogP contribution in [0.25, 0.3) is 5.65 Å². The van der Waals surface area contributed by atoms with E-state index in [9.17, 15) is 4.79 Å². The highest BCUT2D eigenvalue weighted by Crippen LogP contribution is 2.39. The van der Waals surface area contributed by atoms with Gasteiger partial charge in [-0.15, -0.1) is 0 Å². The van der Waals surface area contributed by atoms with Crippen LogP contribution in [0.2, 0.25) is 0 Å². The first kappa shape index (κ1) is 14.8. The third kappa shape index (κ3) is 3.05. The van der Waals surface area contributed by atoms with Crippen molar-refractivity contribution in [2.75, 3.05) is 18.9 Å². The number of rotatable bonds is 5. The van der Waals surface area contributed by atoms with Gasteiger partial charge in [-0.1, -0.05) is 19.3 Å². The van der Waals surface area contributed by atoms with Gasteiger partial charge in [-0.05, 0) is 24.3 Å². The first-order chi connectivity index (χ1) is 10.7. The minimum absolute atomic E-state index is 0.0305. The second-order valence-electron chi connectivity index (χ2n) is 6.19. The number of carbonyl (C=O) groups is 1. The zero-order valence-corrected chi connectivity index (χ0v) is 13.0. The molecule has 0 spiro atoms. The molecule has 1 fully saturated rings. The highest BCUT2D eigenvalue weighted by molar-refractivity contribution is 5.76. The second kappa shape index (κ2) is 6.34. The van der Waals surface area contributed by atoms with Crippen molar-refractivity contribution in [2.45, 2.75) is 38.5 Å². The van der Waals surface area contributed by atoms with Gasteiger partial charge in [0.25, 0.3) is 0 Å². The van der Waals surface area contributed by atoms with Gasteiger partial charge in [-0.25, -0.2) is 9.97 Å². The number of carbonyl (C=O) groups excluding carboxylic acids is 1. The Balaban J connectivity index is 1.76. The lowest BCUT2D eigenvalue weighted by Crippen LogP contribution is -2.37. The monoisotopic (exact) mass is 301 g/mol. The van der Waals surface area contributed by atoms with Gasteiger partial charge in [-0.2, -0.15) is 0 Å². The molecule has 1 aliphatic carbocycles. The van der Waals surface area contributed by atoms with E-state index in [1.54, 1.807) is 19.4 Å². The molecule has 2 heterocycles. The van der Waals surface area contributed by atoms with Crippen LogP contribution in [0.4, 0.5) is 5.95 Å². The van der Waals surface area contributed by atoms with Gasteiger partial charge in [0, 0.05) is 38.6 Å². The molecule has 2 aromatic heterocycles. The Morgan fingerprint density at radius 3 is 2.86 bits per heavy atom. The maximum Gasteiger partial charge on any atom is 0.220 e. The van der Waals surface area contributed by atoms with Gasteiger partial charge < -0.3 is 10.6 Å². The van der Waals surface area contributed by atoms with Crippen molar-refractivity contribution in [1.29, 1.82) is 0 Å². The van der Waals surface area contributed by atoms with E-state index in [1.807, 2.05) is 16.7 Å². The maximum atomic E-state index is 11.9. The number of anilines is 1. The second-order valence-corrected chi connectivity index (χ2v) is 6.19. The Labute approximate surface area is 130 Å². The lowest BCUT2D eigenvalue weighted by Gasteiger charge is -2.37. The van der Waals surface area contributed by atoms with Gasteiger partial charge in [0.1, 0.15) is 5.65 Å². The summed E-state index contributed by atoms with van der Waals surface area (Å²) < 4.78 is 1.94. The Kier molecular flexibility index (Phi) is 4.27. The predicted molar refractivity (Wildman–Crippen MR) is 85.7 cm³/mol. The van der Waals surface area contributed by atoms with E-state index in [0.29, 0.717) is 6.42 Å². The third-order valence-electron chi connectivity index (χ3n) is 4.67. The molecule has 0 bridgehead atoms. The highest BCUT2D eigenvalue weighted by Gasteiger charge is 2.34. The van der Waals surface area contributed by atoms with E-state index in [1.165, 1.54) is 19.3 Å². The van der Waals surface area contributed by atoms with Crippen LogP contribution in [0.1, 0.15) is 38.5 Å². The van der Waals surface area contributed by atoms with Crippen molar-refractivity contribution >= 4 is 17.5 Å². The Bertz CT molecular complexity index is 645. The number of amides is 1. The molecule has 0 atom stereocenters. The number of nitrogens with zero attached hydrogens (tertiary/aromatic N) is 3. The quantitative estimate of drug-likeness (QED) is 0.888. The van der Waals surface area contributed by atoms with Crippen molar-refractivity contribution in [1.82, 2.24) is 19.7 Å². The van der Waals surface area contributed by atoms with Crippen molar-refractivity contribution < 1.29 is 4.79 Å². The standard InChI is InChI=1S/C16H23N5O/c1-17-14(22)11-16(6-3-2-4-7-16)12-20-15-19-8-5-13-18-9-10-21(13)15/h5,8-10H,2-4,6-7,11-12H2,1H3,(H,17,22)(H,19,20). The number of fused-ring (bicyclic) bond motifs is 1. The van der Waals surface area contributed by atoms with Gasteiger partial charge in [0.15, 0.2) is 0 Å². The molecular formula is C16H23N5O. The lowest BCUT2D eigenvalue weighted by molar-refractivity contribution is -0.123. The van der Waals surface area contributed by atoms with Gasteiger partial charge in [0.05, 0.1) is 0 Å². The van der Waals surface area contributed by atoms with Crippen molar-refractivity contribution in [3.63, 3.8) is 0 Å². The summed E-state index contributed by atoms with van der Waals surface area (Å²) in [7, 11) is 1.71. The molecule has 6 heteroatoms. The zero-order valence-electron chi connectivity index (χ0n) is 13.0. The molecule has 1 saturated carbocycles. The first-order valence-electron chi connectivity index (χ1n) is 7.95. The number of hydrogen-bond donors (Lipinski definition) is 2. The van der Waals surface area contributed by atoms with Gasteiger partial charge in [-0.3, -0.25) is 9.20 Å². The minimum Gasteiger partial charge on any atom is -0.359 e. The molecule has 2 N–H and O–H groups in total. The number of imidazole rings is 1. The van der Waals surface area contributed by atoms with E-state index >= 15 is 0 Å². The molecule has 118 valence electrons. The number of hydrogen-bond acceptors (Lipinski definition) is 4. The average Bonchev–Trinajstić information content (AvgIpc) is 3.03. The molecule has 1 amide bonds.